The number of nitrogens with zero attached hydrogens (tertiary/aromatic N) is 2. The second-order valence-electron chi connectivity index (χ2n) is 5.01. The van der Waals surface area contributed by atoms with E-state index >= 15 is 0 Å². The lowest BCUT2D eigenvalue weighted by atomic mass is 10.1. The van der Waals surface area contributed by atoms with E-state index in [1.165, 1.54) is 18.2 Å². The molecule has 0 atom stereocenters. The highest BCUT2D eigenvalue weighted by Gasteiger charge is 2.16. The summed E-state index contributed by atoms with van der Waals surface area (Å²) >= 11 is 0. The minimum Gasteiger partial charge on any atom is -0.389 e. The van der Waals surface area contributed by atoms with Gasteiger partial charge in [-0.25, -0.2) is 9.07 Å². The van der Waals surface area contributed by atoms with Crippen molar-refractivity contribution in [2.45, 2.75) is 26.0 Å². The molecule has 1 aromatic carbocycles. The van der Waals surface area contributed by atoms with Gasteiger partial charge < -0.3 is 5.11 Å². The number of hydrogen-bond donors (Lipinski definition) is 1. The summed E-state index contributed by atoms with van der Waals surface area (Å²) in [5, 5.41) is 13.8. The fourth-order valence-electron chi connectivity index (χ4n) is 1.74. The molecule has 5 heteroatoms. The molecule has 4 nitrogen and oxygen atoms in total. The molecule has 2 rings (SSSR count). The molecule has 2 aromatic rings. The van der Waals surface area contributed by atoms with Gasteiger partial charge in [-0.3, -0.25) is 4.79 Å². The van der Waals surface area contributed by atoms with Crippen molar-refractivity contribution in [2.24, 2.45) is 0 Å². The maximum absolute atomic E-state index is 13.7. The highest BCUT2D eigenvalue weighted by Crippen LogP contribution is 2.19. The first kappa shape index (κ1) is 13.4. The lowest BCUT2D eigenvalue weighted by molar-refractivity contribution is 0.0562. The third-order valence-electron chi connectivity index (χ3n) is 2.55. The Hall–Kier alpha value is -2.01. The Bertz CT molecular complexity index is 644. The molecule has 0 fully saturated rings. The average Bonchev–Trinajstić information content (AvgIpc) is 2.31. The minimum absolute atomic E-state index is 0.0497. The van der Waals surface area contributed by atoms with Crippen LogP contribution in [0.25, 0.3) is 11.3 Å². The molecule has 0 aliphatic carbocycles. The number of rotatable bonds is 3. The van der Waals surface area contributed by atoms with Crippen LogP contribution in [0.5, 0.6) is 0 Å². The van der Waals surface area contributed by atoms with Gasteiger partial charge in [0.25, 0.3) is 5.56 Å². The molecule has 0 saturated carbocycles. The van der Waals surface area contributed by atoms with E-state index in [4.69, 9.17) is 0 Å². The Morgan fingerprint density at radius 3 is 2.58 bits per heavy atom. The molecule has 19 heavy (non-hydrogen) atoms. The van der Waals surface area contributed by atoms with Crippen molar-refractivity contribution < 1.29 is 9.50 Å². The molecule has 0 saturated heterocycles. The van der Waals surface area contributed by atoms with Gasteiger partial charge in [0.1, 0.15) is 5.82 Å². The van der Waals surface area contributed by atoms with Crippen molar-refractivity contribution in [2.75, 3.05) is 0 Å². The van der Waals surface area contributed by atoms with Gasteiger partial charge in [-0.2, -0.15) is 5.10 Å². The van der Waals surface area contributed by atoms with Crippen molar-refractivity contribution >= 4 is 0 Å². The molecule has 0 spiro atoms. The van der Waals surface area contributed by atoms with E-state index in [0.29, 0.717) is 11.3 Å². The lowest BCUT2D eigenvalue weighted by Gasteiger charge is -2.18. The molecule has 1 heterocycles. The molecule has 1 N–H and O–H groups in total. The van der Waals surface area contributed by atoms with E-state index in [9.17, 15) is 14.3 Å². The fraction of sp³-hybridized carbons (Fsp3) is 0.286. The number of aromatic nitrogens is 2. The van der Waals surface area contributed by atoms with Crippen LogP contribution in [-0.2, 0) is 6.54 Å². The van der Waals surface area contributed by atoms with Crippen molar-refractivity contribution in [1.29, 1.82) is 0 Å². The Kier molecular flexibility index (Phi) is 3.48. The van der Waals surface area contributed by atoms with E-state index in [-0.39, 0.29) is 12.1 Å². The summed E-state index contributed by atoms with van der Waals surface area (Å²) in [6.45, 7) is 3.21. The highest BCUT2D eigenvalue weighted by atomic mass is 19.1. The van der Waals surface area contributed by atoms with Crippen LogP contribution in [-0.4, -0.2) is 20.5 Å². The van der Waals surface area contributed by atoms with Crippen LogP contribution in [0, 0.1) is 5.82 Å². The van der Waals surface area contributed by atoms with Crippen molar-refractivity contribution in [3.05, 3.63) is 52.6 Å². The van der Waals surface area contributed by atoms with Crippen molar-refractivity contribution in [3.8, 4) is 11.3 Å². The summed E-state index contributed by atoms with van der Waals surface area (Å²) in [7, 11) is 0. The minimum atomic E-state index is -1.06. The monoisotopic (exact) mass is 262 g/mol. The molecule has 0 amide bonds. The van der Waals surface area contributed by atoms with Crippen LogP contribution in [0.4, 0.5) is 4.39 Å². The Morgan fingerprint density at radius 1 is 1.26 bits per heavy atom. The molecular formula is C14H15FN2O2. The Labute approximate surface area is 110 Å². The van der Waals surface area contributed by atoms with Gasteiger partial charge in [0.15, 0.2) is 0 Å². The van der Waals surface area contributed by atoms with Gasteiger partial charge in [-0.05, 0) is 32.0 Å². The largest absolute Gasteiger partial charge is 0.389 e. The Balaban J connectivity index is 2.48. The number of hydrogen-bond acceptors (Lipinski definition) is 3. The molecule has 0 bridgehead atoms. The predicted molar refractivity (Wildman–Crippen MR) is 70.2 cm³/mol. The summed E-state index contributed by atoms with van der Waals surface area (Å²) in [4.78, 5) is 11.7. The molecule has 0 aliphatic heterocycles. The lowest BCUT2D eigenvalue weighted by Crippen LogP contribution is -2.34. The van der Waals surface area contributed by atoms with Gasteiger partial charge in [0.05, 0.1) is 17.8 Å². The number of halogens is 1. The molecule has 100 valence electrons. The van der Waals surface area contributed by atoms with E-state index < -0.39 is 11.4 Å². The maximum atomic E-state index is 13.7. The normalized spacial score (nSPS) is 11.6. The smallest absolute Gasteiger partial charge is 0.266 e. The van der Waals surface area contributed by atoms with Crippen LogP contribution in [0.3, 0.4) is 0 Å². The standard InChI is InChI=1S/C14H15FN2O2/c1-14(2,19)9-17-13(18)8-7-12(16-17)10-5-3-4-6-11(10)15/h3-8,19H,9H2,1-2H3. The van der Waals surface area contributed by atoms with Crippen LogP contribution in [0.2, 0.25) is 0 Å². The SMILES string of the molecule is CC(C)(O)Cn1nc(-c2ccccc2F)ccc1=O. The number of benzene rings is 1. The fourth-order valence-corrected chi connectivity index (χ4v) is 1.74. The topological polar surface area (TPSA) is 55.1 Å². The average molecular weight is 262 g/mol. The van der Waals surface area contributed by atoms with Gasteiger partial charge >= 0.3 is 0 Å². The highest BCUT2D eigenvalue weighted by molar-refractivity contribution is 5.58. The van der Waals surface area contributed by atoms with Crippen LogP contribution < -0.4 is 5.56 Å². The van der Waals surface area contributed by atoms with Crippen LogP contribution in [0.15, 0.2) is 41.2 Å². The molecule has 0 aliphatic rings. The van der Waals surface area contributed by atoms with Crippen molar-refractivity contribution in [3.63, 3.8) is 0 Å². The summed E-state index contributed by atoms with van der Waals surface area (Å²) in [5.74, 6) is -0.400. The summed E-state index contributed by atoms with van der Waals surface area (Å²) in [5.41, 5.74) is -0.707. The third-order valence-corrected chi connectivity index (χ3v) is 2.55. The van der Waals surface area contributed by atoms with E-state index in [2.05, 4.69) is 5.10 Å². The maximum Gasteiger partial charge on any atom is 0.266 e. The molecular weight excluding hydrogens is 247 g/mol. The van der Waals surface area contributed by atoms with Crippen LogP contribution >= 0.6 is 0 Å². The first-order valence-corrected chi connectivity index (χ1v) is 5.92. The zero-order chi connectivity index (χ0) is 14.0. The van der Waals surface area contributed by atoms with Gasteiger partial charge in [0, 0.05) is 11.6 Å². The first-order chi connectivity index (χ1) is 8.87. The molecule has 1 aromatic heterocycles. The zero-order valence-electron chi connectivity index (χ0n) is 10.8. The van der Waals surface area contributed by atoms with Crippen molar-refractivity contribution in [1.82, 2.24) is 9.78 Å². The van der Waals surface area contributed by atoms with E-state index in [0.717, 1.165) is 4.68 Å². The molecule has 0 unspecified atom stereocenters. The second-order valence-corrected chi connectivity index (χ2v) is 5.01. The summed E-state index contributed by atoms with van der Waals surface area (Å²) in [6, 6.07) is 9.01. The Morgan fingerprint density at radius 2 is 1.95 bits per heavy atom. The van der Waals surface area contributed by atoms with Gasteiger partial charge in [0.2, 0.25) is 0 Å². The second kappa shape index (κ2) is 4.93. The van der Waals surface area contributed by atoms with Gasteiger partial charge in [-0.15, -0.1) is 0 Å². The number of aliphatic hydroxyl groups is 1. The van der Waals surface area contributed by atoms with Gasteiger partial charge in [-0.1, -0.05) is 12.1 Å². The summed E-state index contributed by atoms with van der Waals surface area (Å²) in [6.07, 6.45) is 0. The quantitative estimate of drug-likeness (QED) is 0.918. The zero-order valence-corrected chi connectivity index (χ0v) is 10.8. The molecule has 0 radical (unpaired) electrons. The predicted octanol–water partition coefficient (Wildman–Crippen LogP) is 1.82. The third kappa shape index (κ3) is 3.26. The van der Waals surface area contributed by atoms with E-state index in [1.54, 1.807) is 32.0 Å². The summed E-state index contributed by atoms with van der Waals surface area (Å²) < 4.78 is 14.8. The van der Waals surface area contributed by atoms with E-state index in [1.807, 2.05) is 0 Å². The first-order valence-electron chi connectivity index (χ1n) is 5.92. The van der Waals surface area contributed by atoms with Crippen LogP contribution in [0.1, 0.15) is 13.8 Å².